The Morgan fingerprint density at radius 2 is 2.00 bits per heavy atom. The highest BCUT2D eigenvalue weighted by molar-refractivity contribution is 5.01. The number of hydrogen-bond donors (Lipinski definition) is 2. The van der Waals surface area contributed by atoms with E-state index in [0.717, 1.165) is 38.9 Å². The quantitative estimate of drug-likeness (QED) is 0.557. The molecule has 0 amide bonds. The maximum Gasteiger partial charge on any atom is 0.0704 e. The molecule has 2 N–H and O–H groups in total. The Morgan fingerprint density at radius 3 is 2.70 bits per heavy atom. The maximum absolute atomic E-state index is 9.65. The number of methoxy groups -OCH3 is 1. The predicted molar refractivity (Wildman–Crippen MR) is 76.9 cm³/mol. The molecular weight excluding hydrogens is 258 g/mol. The van der Waals surface area contributed by atoms with E-state index < -0.39 is 0 Å². The van der Waals surface area contributed by atoms with Crippen molar-refractivity contribution in [1.82, 2.24) is 5.32 Å². The number of nitrogens with one attached hydrogen (secondary N) is 1. The van der Waals surface area contributed by atoms with Crippen molar-refractivity contribution in [2.45, 2.75) is 56.2 Å². The number of aliphatic hydroxyl groups excluding tert-OH is 1. The molecule has 0 aromatic carbocycles. The molecule has 0 saturated heterocycles. The van der Waals surface area contributed by atoms with E-state index in [0.29, 0.717) is 19.3 Å². The summed E-state index contributed by atoms with van der Waals surface area (Å²) in [4.78, 5) is 0. The second-order valence-electron chi connectivity index (χ2n) is 6.05. The zero-order chi connectivity index (χ0) is 14.3. The minimum absolute atomic E-state index is 0.0921. The van der Waals surface area contributed by atoms with E-state index >= 15 is 0 Å². The summed E-state index contributed by atoms with van der Waals surface area (Å²) in [5, 5.41) is 13.2. The van der Waals surface area contributed by atoms with E-state index in [1.54, 1.807) is 7.11 Å². The Hall–Kier alpha value is -0.200. The van der Waals surface area contributed by atoms with Crippen molar-refractivity contribution in [2.75, 3.05) is 40.1 Å². The van der Waals surface area contributed by atoms with Gasteiger partial charge in [-0.25, -0.2) is 0 Å². The van der Waals surface area contributed by atoms with Crippen molar-refractivity contribution in [3.63, 3.8) is 0 Å². The summed E-state index contributed by atoms with van der Waals surface area (Å²) in [6, 6.07) is 0.630. The van der Waals surface area contributed by atoms with E-state index in [1.165, 1.54) is 12.8 Å². The Balaban J connectivity index is 1.53. The molecule has 0 spiro atoms. The highest BCUT2D eigenvalue weighted by Gasteiger charge is 2.42. The first-order valence-corrected chi connectivity index (χ1v) is 7.85. The van der Waals surface area contributed by atoms with Gasteiger partial charge in [0.15, 0.2) is 0 Å². The fraction of sp³-hybridized carbons (Fsp3) is 1.00. The van der Waals surface area contributed by atoms with Crippen LogP contribution in [-0.4, -0.2) is 62.9 Å². The van der Waals surface area contributed by atoms with Gasteiger partial charge >= 0.3 is 0 Å². The van der Waals surface area contributed by atoms with E-state index in [2.05, 4.69) is 5.32 Å². The largest absolute Gasteiger partial charge is 0.394 e. The fourth-order valence-electron chi connectivity index (χ4n) is 2.88. The normalized spacial score (nSPS) is 30.0. The molecule has 2 aliphatic carbocycles. The second-order valence-corrected chi connectivity index (χ2v) is 6.05. The minimum atomic E-state index is -0.0921. The van der Waals surface area contributed by atoms with Crippen molar-refractivity contribution < 1.29 is 19.3 Å². The summed E-state index contributed by atoms with van der Waals surface area (Å²) in [6.45, 7) is 2.98. The van der Waals surface area contributed by atoms with Gasteiger partial charge in [0.25, 0.3) is 0 Å². The summed E-state index contributed by atoms with van der Waals surface area (Å²) in [5.41, 5.74) is -0.0921. The van der Waals surface area contributed by atoms with Crippen LogP contribution in [0.2, 0.25) is 0 Å². The first-order chi connectivity index (χ1) is 9.78. The van der Waals surface area contributed by atoms with E-state index in [9.17, 15) is 5.11 Å². The van der Waals surface area contributed by atoms with Crippen LogP contribution in [-0.2, 0) is 14.2 Å². The van der Waals surface area contributed by atoms with Gasteiger partial charge in [0, 0.05) is 31.9 Å². The van der Waals surface area contributed by atoms with Crippen LogP contribution >= 0.6 is 0 Å². The van der Waals surface area contributed by atoms with E-state index in [4.69, 9.17) is 14.2 Å². The Morgan fingerprint density at radius 1 is 1.15 bits per heavy atom. The van der Waals surface area contributed by atoms with Gasteiger partial charge in [-0.15, -0.1) is 0 Å². The Bertz CT molecular complexity index is 273. The standard InChI is InChI=1S/C15H29NO4/c1-18-7-2-8-19-9-10-20-14-5-6-15(11-14,12-17)16-13-3-4-13/h13-14,16-17H,2-12H2,1H3. The molecule has 2 fully saturated rings. The summed E-state index contributed by atoms with van der Waals surface area (Å²) in [5.74, 6) is 0. The third-order valence-electron chi connectivity index (χ3n) is 4.17. The molecule has 5 heteroatoms. The molecule has 2 rings (SSSR count). The Kier molecular flexibility index (Phi) is 6.71. The minimum Gasteiger partial charge on any atom is -0.394 e. The first-order valence-electron chi connectivity index (χ1n) is 7.85. The van der Waals surface area contributed by atoms with Gasteiger partial charge in [-0.2, -0.15) is 0 Å². The van der Waals surface area contributed by atoms with Crippen LogP contribution in [0, 0.1) is 0 Å². The molecule has 0 aliphatic heterocycles. The van der Waals surface area contributed by atoms with Gasteiger partial charge in [-0.05, 0) is 38.5 Å². The summed E-state index contributed by atoms with van der Waals surface area (Å²) in [6.07, 6.45) is 6.66. The summed E-state index contributed by atoms with van der Waals surface area (Å²) in [7, 11) is 1.70. The number of rotatable bonds is 11. The molecule has 0 aromatic heterocycles. The smallest absolute Gasteiger partial charge is 0.0704 e. The number of hydrogen-bond acceptors (Lipinski definition) is 5. The monoisotopic (exact) mass is 287 g/mol. The van der Waals surface area contributed by atoms with Gasteiger partial charge in [0.1, 0.15) is 0 Å². The molecule has 0 heterocycles. The molecule has 2 unspecified atom stereocenters. The zero-order valence-electron chi connectivity index (χ0n) is 12.6. The van der Waals surface area contributed by atoms with Gasteiger partial charge in [0.05, 0.1) is 25.9 Å². The molecule has 118 valence electrons. The predicted octanol–water partition coefficient (Wildman–Crippen LogP) is 1.09. The van der Waals surface area contributed by atoms with Crippen molar-refractivity contribution in [1.29, 1.82) is 0 Å². The molecule has 0 radical (unpaired) electrons. The molecular formula is C15H29NO4. The number of aliphatic hydroxyl groups is 1. The first kappa shape index (κ1) is 16.2. The average Bonchev–Trinajstić information content (AvgIpc) is 3.17. The molecule has 20 heavy (non-hydrogen) atoms. The van der Waals surface area contributed by atoms with Crippen LogP contribution in [0.15, 0.2) is 0 Å². The zero-order valence-corrected chi connectivity index (χ0v) is 12.6. The highest BCUT2D eigenvalue weighted by atomic mass is 16.5. The van der Waals surface area contributed by atoms with Crippen LogP contribution in [0.3, 0.4) is 0 Å². The van der Waals surface area contributed by atoms with Crippen molar-refractivity contribution >= 4 is 0 Å². The maximum atomic E-state index is 9.65. The van der Waals surface area contributed by atoms with E-state index in [1.807, 2.05) is 0 Å². The van der Waals surface area contributed by atoms with Crippen molar-refractivity contribution in [3.05, 3.63) is 0 Å². The van der Waals surface area contributed by atoms with Crippen molar-refractivity contribution in [3.8, 4) is 0 Å². The lowest BCUT2D eigenvalue weighted by molar-refractivity contribution is -0.000581. The van der Waals surface area contributed by atoms with Gasteiger partial charge in [0.2, 0.25) is 0 Å². The average molecular weight is 287 g/mol. The fourth-order valence-corrected chi connectivity index (χ4v) is 2.88. The topological polar surface area (TPSA) is 60.0 Å². The molecule has 5 nitrogen and oxygen atoms in total. The van der Waals surface area contributed by atoms with Crippen LogP contribution in [0.25, 0.3) is 0 Å². The molecule has 2 atom stereocenters. The summed E-state index contributed by atoms with van der Waals surface area (Å²) < 4.78 is 16.3. The third kappa shape index (κ3) is 5.30. The van der Waals surface area contributed by atoms with Crippen LogP contribution < -0.4 is 5.32 Å². The lowest BCUT2D eigenvalue weighted by Gasteiger charge is -2.28. The molecule has 2 saturated carbocycles. The van der Waals surface area contributed by atoms with Gasteiger partial charge in [-0.1, -0.05) is 0 Å². The van der Waals surface area contributed by atoms with Crippen molar-refractivity contribution in [2.24, 2.45) is 0 Å². The highest BCUT2D eigenvalue weighted by Crippen LogP contribution is 2.35. The third-order valence-corrected chi connectivity index (χ3v) is 4.17. The van der Waals surface area contributed by atoms with Crippen LogP contribution in [0.5, 0.6) is 0 Å². The SMILES string of the molecule is COCCCOCCOC1CCC(CO)(NC2CC2)C1. The van der Waals surface area contributed by atoms with Gasteiger partial charge in [-0.3, -0.25) is 0 Å². The summed E-state index contributed by atoms with van der Waals surface area (Å²) >= 11 is 0. The Labute approximate surface area is 122 Å². The lowest BCUT2D eigenvalue weighted by atomic mass is 9.98. The lowest BCUT2D eigenvalue weighted by Crippen LogP contribution is -2.48. The molecule has 0 aromatic rings. The van der Waals surface area contributed by atoms with Gasteiger partial charge < -0.3 is 24.6 Å². The van der Waals surface area contributed by atoms with Crippen LogP contribution in [0.1, 0.15) is 38.5 Å². The van der Waals surface area contributed by atoms with Crippen LogP contribution in [0.4, 0.5) is 0 Å². The molecule has 0 bridgehead atoms. The number of ether oxygens (including phenoxy) is 3. The molecule has 2 aliphatic rings. The van der Waals surface area contributed by atoms with E-state index in [-0.39, 0.29) is 18.2 Å². The second kappa shape index (κ2) is 8.29.